The van der Waals surface area contributed by atoms with Crippen molar-refractivity contribution in [2.24, 2.45) is 4.99 Å². The van der Waals surface area contributed by atoms with Gasteiger partial charge in [0.1, 0.15) is 5.75 Å². The molecule has 1 aromatic carbocycles. The summed E-state index contributed by atoms with van der Waals surface area (Å²) >= 11 is 1.76. The summed E-state index contributed by atoms with van der Waals surface area (Å²) in [4.78, 5) is 8.28. The zero-order valence-electron chi connectivity index (χ0n) is 16.3. The third-order valence-corrected chi connectivity index (χ3v) is 5.91. The van der Waals surface area contributed by atoms with Crippen molar-refractivity contribution in [1.82, 2.24) is 15.5 Å². The Morgan fingerprint density at radius 3 is 2.56 bits per heavy atom. The zero-order valence-corrected chi connectivity index (χ0v) is 17.1. The molecule has 2 heterocycles. The lowest BCUT2D eigenvalue weighted by atomic mass is 10.0. The fourth-order valence-corrected chi connectivity index (χ4v) is 4.16. The van der Waals surface area contributed by atoms with E-state index in [0.29, 0.717) is 6.04 Å². The van der Waals surface area contributed by atoms with Gasteiger partial charge in [-0.05, 0) is 55.1 Å². The highest BCUT2D eigenvalue weighted by atomic mass is 32.1. The number of ether oxygens (including phenoxy) is 1. The molecule has 1 aliphatic rings. The first-order valence-electron chi connectivity index (χ1n) is 9.65. The van der Waals surface area contributed by atoms with Crippen LogP contribution in [0.25, 0.3) is 0 Å². The minimum absolute atomic E-state index is 0.330. The van der Waals surface area contributed by atoms with Crippen LogP contribution in [-0.2, 0) is 6.54 Å². The highest BCUT2D eigenvalue weighted by molar-refractivity contribution is 7.09. The minimum Gasteiger partial charge on any atom is -0.497 e. The summed E-state index contributed by atoms with van der Waals surface area (Å²) in [6.07, 6.45) is 3.89. The SMILES string of the molecule is CN=C(NCc1cccs1)NCC(c1ccc(OC)cc1)N1CCCCC1. The number of methoxy groups -OCH3 is 1. The molecule has 0 aliphatic carbocycles. The molecule has 2 N–H and O–H groups in total. The van der Waals surface area contributed by atoms with Gasteiger partial charge in [0.05, 0.1) is 19.7 Å². The van der Waals surface area contributed by atoms with E-state index >= 15 is 0 Å². The van der Waals surface area contributed by atoms with Crippen LogP contribution in [0.1, 0.15) is 35.7 Å². The number of rotatable bonds is 7. The van der Waals surface area contributed by atoms with E-state index in [2.05, 4.69) is 62.3 Å². The van der Waals surface area contributed by atoms with Crippen LogP contribution >= 0.6 is 11.3 Å². The first-order valence-corrected chi connectivity index (χ1v) is 10.5. The van der Waals surface area contributed by atoms with Crippen LogP contribution in [0.2, 0.25) is 0 Å². The molecule has 3 rings (SSSR count). The molecule has 0 spiro atoms. The second-order valence-corrected chi connectivity index (χ2v) is 7.80. The van der Waals surface area contributed by atoms with Crippen LogP contribution in [0, 0.1) is 0 Å². The molecule has 1 aliphatic heterocycles. The molecule has 1 saturated heterocycles. The van der Waals surface area contributed by atoms with E-state index in [1.54, 1.807) is 18.4 Å². The zero-order chi connectivity index (χ0) is 18.9. The average molecular weight is 387 g/mol. The Hall–Kier alpha value is -2.05. The Morgan fingerprint density at radius 1 is 1.15 bits per heavy atom. The van der Waals surface area contributed by atoms with Gasteiger partial charge in [-0.1, -0.05) is 24.6 Å². The number of hydrogen-bond acceptors (Lipinski definition) is 4. The van der Waals surface area contributed by atoms with E-state index in [-0.39, 0.29) is 0 Å². The van der Waals surface area contributed by atoms with Crippen molar-refractivity contribution in [3.05, 3.63) is 52.2 Å². The number of hydrogen-bond donors (Lipinski definition) is 2. The summed E-state index contributed by atoms with van der Waals surface area (Å²) in [5, 5.41) is 9.04. The van der Waals surface area contributed by atoms with E-state index < -0.39 is 0 Å². The fourth-order valence-electron chi connectivity index (χ4n) is 3.51. The Kier molecular flexibility index (Phi) is 7.54. The Morgan fingerprint density at radius 2 is 1.93 bits per heavy atom. The number of nitrogens with zero attached hydrogens (tertiary/aromatic N) is 2. The molecule has 2 aromatic rings. The highest BCUT2D eigenvalue weighted by Crippen LogP contribution is 2.25. The van der Waals surface area contributed by atoms with Crippen LogP contribution in [0.3, 0.4) is 0 Å². The second-order valence-electron chi connectivity index (χ2n) is 6.77. The summed E-state index contributed by atoms with van der Waals surface area (Å²) < 4.78 is 5.32. The van der Waals surface area contributed by atoms with Gasteiger partial charge in [-0.2, -0.15) is 0 Å². The summed E-state index contributed by atoms with van der Waals surface area (Å²) in [7, 11) is 3.54. The van der Waals surface area contributed by atoms with E-state index in [9.17, 15) is 0 Å². The lowest BCUT2D eigenvalue weighted by Gasteiger charge is -2.35. The van der Waals surface area contributed by atoms with Gasteiger partial charge in [-0.3, -0.25) is 9.89 Å². The largest absolute Gasteiger partial charge is 0.497 e. The molecule has 0 amide bonds. The molecule has 1 fully saturated rings. The molecule has 27 heavy (non-hydrogen) atoms. The molecule has 1 unspecified atom stereocenters. The molecule has 0 saturated carbocycles. The first-order chi connectivity index (χ1) is 13.3. The van der Waals surface area contributed by atoms with Crippen molar-refractivity contribution < 1.29 is 4.74 Å². The molecule has 5 nitrogen and oxygen atoms in total. The van der Waals surface area contributed by atoms with Crippen LogP contribution < -0.4 is 15.4 Å². The van der Waals surface area contributed by atoms with Crippen molar-refractivity contribution in [3.8, 4) is 5.75 Å². The van der Waals surface area contributed by atoms with E-state index in [0.717, 1.165) is 37.9 Å². The van der Waals surface area contributed by atoms with Gasteiger partial charge in [0.25, 0.3) is 0 Å². The summed E-state index contributed by atoms with van der Waals surface area (Å²) in [6, 6.07) is 13.0. The maximum absolute atomic E-state index is 5.32. The number of piperidine rings is 1. The second kappa shape index (κ2) is 10.3. The molecular weight excluding hydrogens is 356 g/mol. The summed E-state index contributed by atoms with van der Waals surface area (Å²) in [5.41, 5.74) is 1.32. The molecule has 1 aromatic heterocycles. The van der Waals surface area contributed by atoms with Crippen molar-refractivity contribution in [1.29, 1.82) is 0 Å². The topological polar surface area (TPSA) is 48.9 Å². The number of aliphatic imine (C=N–C) groups is 1. The quantitative estimate of drug-likeness (QED) is 0.563. The maximum Gasteiger partial charge on any atom is 0.191 e. The molecule has 1 atom stereocenters. The van der Waals surface area contributed by atoms with Crippen molar-refractivity contribution >= 4 is 17.3 Å². The number of benzene rings is 1. The standard InChI is InChI=1S/C21H30N4OS/c1-22-21(23-15-19-7-6-14-27-19)24-16-20(25-12-4-3-5-13-25)17-8-10-18(26-2)11-9-17/h6-11,14,20H,3-5,12-13,15-16H2,1-2H3,(H2,22,23,24). The Bertz CT molecular complexity index is 693. The van der Waals surface area contributed by atoms with E-state index in [1.807, 2.05) is 7.05 Å². The van der Waals surface area contributed by atoms with Crippen LogP contribution in [0.4, 0.5) is 0 Å². The lowest BCUT2D eigenvalue weighted by molar-refractivity contribution is 0.164. The van der Waals surface area contributed by atoms with Gasteiger partial charge in [0.15, 0.2) is 5.96 Å². The van der Waals surface area contributed by atoms with Crippen LogP contribution in [-0.4, -0.2) is 44.7 Å². The number of thiophene rings is 1. The molecular formula is C21H30N4OS. The monoisotopic (exact) mass is 386 g/mol. The van der Waals surface area contributed by atoms with Crippen molar-refractivity contribution in [3.63, 3.8) is 0 Å². The van der Waals surface area contributed by atoms with Gasteiger partial charge in [0, 0.05) is 18.5 Å². The molecule has 6 heteroatoms. The van der Waals surface area contributed by atoms with Gasteiger partial charge in [-0.15, -0.1) is 11.3 Å². The van der Waals surface area contributed by atoms with Gasteiger partial charge in [0.2, 0.25) is 0 Å². The predicted octanol–water partition coefficient (Wildman–Crippen LogP) is 3.65. The van der Waals surface area contributed by atoms with Gasteiger partial charge < -0.3 is 15.4 Å². The fraction of sp³-hybridized carbons (Fsp3) is 0.476. The summed E-state index contributed by atoms with van der Waals surface area (Å²) in [5.74, 6) is 1.75. The Balaban J connectivity index is 1.64. The molecule has 0 radical (unpaired) electrons. The average Bonchev–Trinajstić information content (AvgIpc) is 3.25. The normalized spacial score (nSPS) is 16.7. The smallest absolute Gasteiger partial charge is 0.191 e. The third kappa shape index (κ3) is 5.71. The number of likely N-dealkylation sites (tertiary alicyclic amines) is 1. The van der Waals surface area contributed by atoms with Crippen LogP contribution in [0.15, 0.2) is 46.8 Å². The summed E-state index contributed by atoms with van der Waals surface area (Å²) in [6.45, 7) is 3.93. The van der Waals surface area contributed by atoms with Crippen molar-refractivity contribution in [2.45, 2.75) is 31.8 Å². The lowest BCUT2D eigenvalue weighted by Crippen LogP contribution is -2.44. The van der Waals surface area contributed by atoms with Gasteiger partial charge >= 0.3 is 0 Å². The van der Waals surface area contributed by atoms with Crippen LogP contribution in [0.5, 0.6) is 5.75 Å². The maximum atomic E-state index is 5.32. The minimum atomic E-state index is 0.330. The number of guanidine groups is 1. The molecule has 0 bridgehead atoms. The van der Waals surface area contributed by atoms with Crippen molar-refractivity contribution in [2.75, 3.05) is 33.8 Å². The number of nitrogens with one attached hydrogen (secondary N) is 2. The molecule has 146 valence electrons. The Labute approximate surface area is 166 Å². The van der Waals surface area contributed by atoms with E-state index in [1.165, 1.54) is 29.7 Å². The van der Waals surface area contributed by atoms with E-state index in [4.69, 9.17) is 4.74 Å². The third-order valence-electron chi connectivity index (χ3n) is 5.03. The highest BCUT2D eigenvalue weighted by Gasteiger charge is 2.22. The first kappa shape index (κ1) is 19.7. The predicted molar refractivity (Wildman–Crippen MR) is 114 cm³/mol. The van der Waals surface area contributed by atoms with Gasteiger partial charge in [-0.25, -0.2) is 0 Å².